The van der Waals surface area contributed by atoms with Gasteiger partial charge in [0, 0.05) is 7.05 Å². The van der Waals surface area contributed by atoms with Gasteiger partial charge in [-0.2, -0.15) is 5.10 Å². The molecule has 4 N–H and O–H groups in total. The predicted octanol–water partition coefficient (Wildman–Crippen LogP) is 0.598. The molecule has 1 heterocycles. The third kappa shape index (κ3) is 2.73. The van der Waals surface area contributed by atoms with Gasteiger partial charge in [-0.25, -0.2) is 0 Å². The van der Waals surface area contributed by atoms with Crippen LogP contribution >= 0.6 is 0 Å². The summed E-state index contributed by atoms with van der Waals surface area (Å²) in [6, 6.07) is -0.180. The van der Waals surface area contributed by atoms with Crippen LogP contribution in [-0.2, 0) is 13.5 Å². The van der Waals surface area contributed by atoms with Crippen LogP contribution in [0.3, 0.4) is 0 Å². The fourth-order valence-electron chi connectivity index (χ4n) is 2.64. The van der Waals surface area contributed by atoms with Gasteiger partial charge in [-0.3, -0.25) is 9.48 Å². The fraction of sp³-hybridized carbons (Fsp3) is 0.692. The summed E-state index contributed by atoms with van der Waals surface area (Å²) in [4.78, 5) is 12.3. The number of carbonyl (C=O) groups is 1. The molecule has 0 saturated heterocycles. The number of amides is 1. The van der Waals surface area contributed by atoms with Crippen molar-refractivity contribution in [2.24, 2.45) is 7.05 Å². The van der Waals surface area contributed by atoms with Crippen LogP contribution in [0.1, 0.15) is 48.8 Å². The molecule has 0 aliphatic heterocycles. The van der Waals surface area contributed by atoms with Crippen LogP contribution in [-0.4, -0.2) is 32.9 Å². The van der Waals surface area contributed by atoms with E-state index in [1.807, 2.05) is 6.92 Å². The van der Waals surface area contributed by atoms with Gasteiger partial charge in [-0.05, 0) is 19.3 Å². The van der Waals surface area contributed by atoms with Crippen LogP contribution in [0.4, 0.5) is 5.69 Å². The quantitative estimate of drug-likeness (QED) is 0.746. The molecule has 2 atom stereocenters. The Morgan fingerprint density at radius 3 is 2.79 bits per heavy atom. The first kappa shape index (κ1) is 13.9. The molecule has 2 rings (SSSR count). The van der Waals surface area contributed by atoms with E-state index < -0.39 is 6.10 Å². The molecule has 1 saturated carbocycles. The number of hydrogen-bond acceptors (Lipinski definition) is 4. The van der Waals surface area contributed by atoms with E-state index in [2.05, 4.69) is 10.4 Å². The van der Waals surface area contributed by atoms with Crippen LogP contribution < -0.4 is 11.1 Å². The number of nitrogens with one attached hydrogen (secondary N) is 1. The van der Waals surface area contributed by atoms with Gasteiger partial charge in [0.2, 0.25) is 0 Å². The molecule has 1 aliphatic carbocycles. The highest BCUT2D eigenvalue weighted by molar-refractivity contribution is 5.98. The monoisotopic (exact) mass is 266 g/mol. The SMILES string of the molecule is CCc1nn(C)c(C(=O)N[C@H]2CCCC[C@@H]2O)c1N. The Labute approximate surface area is 113 Å². The Morgan fingerprint density at radius 1 is 1.53 bits per heavy atom. The molecule has 1 amide bonds. The number of nitrogen functional groups attached to an aromatic ring is 1. The molecule has 1 aliphatic rings. The zero-order valence-electron chi connectivity index (χ0n) is 11.5. The van der Waals surface area contributed by atoms with Crippen LogP contribution in [0.5, 0.6) is 0 Å². The molecule has 0 radical (unpaired) electrons. The highest BCUT2D eigenvalue weighted by Gasteiger charge is 2.27. The van der Waals surface area contributed by atoms with Gasteiger partial charge in [-0.15, -0.1) is 0 Å². The number of aromatic nitrogens is 2. The van der Waals surface area contributed by atoms with E-state index >= 15 is 0 Å². The van der Waals surface area contributed by atoms with Gasteiger partial charge in [0.25, 0.3) is 5.91 Å². The van der Waals surface area contributed by atoms with Crippen molar-refractivity contribution in [3.05, 3.63) is 11.4 Å². The maximum absolute atomic E-state index is 12.3. The number of aryl methyl sites for hydroxylation is 2. The molecule has 0 unspecified atom stereocenters. The summed E-state index contributed by atoms with van der Waals surface area (Å²) in [7, 11) is 1.71. The largest absolute Gasteiger partial charge is 0.395 e. The molecule has 19 heavy (non-hydrogen) atoms. The summed E-state index contributed by atoms with van der Waals surface area (Å²) >= 11 is 0. The summed E-state index contributed by atoms with van der Waals surface area (Å²) in [6.45, 7) is 1.95. The summed E-state index contributed by atoms with van der Waals surface area (Å²) in [5.74, 6) is -0.252. The predicted molar refractivity (Wildman–Crippen MR) is 72.7 cm³/mol. The maximum atomic E-state index is 12.3. The van der Waals surface area contributed by atoms with Crippen molar-refractivity contribution in [1.29, 1.82) is 0 Å². The van der Waals surface area contributed by atoms with Crippen molar-refractivity contribution >= 4 is 11.6 Å². The minimum atomic E-state index is -0.460. The second-order valence-electron chi connectivity index (χ2n) is 5.12. The first-order valence-electron chi connectivity index (χ1n) is 6.84. The van der Waals surface area contributed by atoms with E-state index in [-0.39, 0.29) is 11.9 Å². The molecule has 6 nitrogen and oxygen atoms in total. The highest BCUT2D eigenvalue weighted by atomic mass is 16.3. The number of rotatable bonds is 3. The molecule has 1 aromatic heterocycles. The lowest BCUT2D eigenvalue weighted by Gasteiger charge is -2.28. The lowest BCUT2D eigenvalue weighted by atomic mass is 9.92. The topological polar surface area (TPSA) is 93.2 Å². The van der Waals surface area contributed by atoms with Crippen molar-refractivity contribution in [3.63, 3.8) is 0 Å². The summed E-state index contributed by atoms with van der Waals surface area (Å²) in [6.07, 6.45) is 3.83. The number of carbonyl (C=O) groups excluding carboxylic acids is 1. The number of aliphatic hydroxyl groups excluding tert-OH is 1. The first-order valence-corrected chi connectivity index (χ1v) is 6.84. The molecule has 106 valence electrons. The number of anilines is 1. The van der Waals surface area contributed by atoms with Gasteiger partial charge in [0.15, 0.2) is 0 Å². The van der Waals surface area contributed by atoms with Crippen molar-refractivity contribution in [2.75, 3.05) is 5.73 Å². The molecule has 0 aromatic carbocycles. The Kier molecular flexibility index (Phi) is 4.09. The number of aliphatic hydroxyl groups is 1. The molecule has 1 aromatic rings. The van der Waals surface area contributed by atoms with Crippen molar-refractivity contribution in [2.45, 2.75) is 51.2 Å². The zero-order chi connectivity index (χ0) is 14.0. The van der Waals surface area contributed by atoms with E-state index in [0.29, 0.717) is 17.8 Å². The van der Waals surface area contributed by atoms with Crippen molar-refractivity contribution in [3.8, 4) is 0 Å². The van der Waals surface area contributed by atoms with Crippen LogP contribution in [0.25, 0.3) is 0 Å². The Balaban J connectivity index is 2.13. The number of nitrogens with zero attached hydrogens (tertiary/aromatic N) is 2. The van der Waals surface area contributed by atoms with Crippen LogP contribution in [0.2, 0.25) is 0 Å². The second kappa shape index (κ2) is 5.61. The van der Waals surface area contributed by atoms with Crippen LogP contribution in [0, 0.1) is 0 Å². The minimum absolute atomic E-state index is 0.180. The smallest absolute Gasteiger partial charge is 0.272 e. The number of nitrogens with two attached hydrogens (primary N) is 1. The Hall–Kier alpha value is -1.56. The number of hydrogen-bond donors (Lipinski definition) is 3. The molecule has 6 heteroatoms. The van der Waals surface area contributed by atoms with Gasteiger partial charge in [0.05, 0.1) is 23.5 Å². The molecular weight excluding hydrogens is 244 g/mol. The normalized spacial score (nSPS) is 23.3. The van der Waals surface area contributed by atoms with Crippen LogP contribution in [0.15, 0.2) is 0 Å². The van der Waals surface area contributed by atoms with Gasteiger partial charge >= 0.3 is 0 Å². The van der Waals surface area contributed by atoms with Gasteiger partial charge in [0.1, 0.15) is 5.69 Å². The maximum Gasteiger partial charge on any atom is 0.272 e. The van der Waals surface area contributed by atoms with Gasteiger partial charge in [-0.1, -0.05) is 19.8 Å². The van der Waals surface area contributed by atoms with E-state index in [4.69, 9.17) is 5.73 Å². The van der Waals surface area contributed by atoms with Crippen molar-refractivity contribution < 1.29 is 9.90 Å². The third-order valence-corrected chi connectivity index (χ3v) is 3.76. The zero-order valence-corrected chi connectivity index (χ0v) is 11.5. The highest BCUT2D eigenvalue weighted by Crippen LogP contribution is 2.21. The van der Waals surface area contributed by atoms with E-state index in [1.165, 1.54) is 4.68 Å². The Bertz CT molecular complexity index is 469. The fourth-order valence-corrected chi connectivity index (χ4v) is 2.64. The average molecular weight is 266 g/mol. The molecular formula is C13H22N4O2. The standard InChI is InChI=1S/C13H22N4O2/c1-3-8-11(14)12(17(2)16-8)13(19)15-9-6-4-5-7-10(9)18/h9-10,18H,3-7,14H2,1-2H3,(H,15,19)/t9-,10-/m0/s1. The van der Waals surface area contributed by atoms with E-state index in [9.17, 15) is 9.90 Å². The second-order valence-corrected chi connectivity index (χ2v) is 5.12. The minimum Gasteiger partial charge on any atom is -0.395 e. The van der Waals surface area contributed by atoms with Gasteiger partial charge < -0.3 is 16.2 Å². The lowest BCUT2D eigenvalue weighted by molar-refractivity contribution is 0.0711. The van der Waals surface area contributed by atoms with E-state index in [1.54, 1.807) is 7.05 Å². The van der Waals surface area contributed by atoms with E-state index in [0.717, 1.165) is 31.4 Å². The molecule has 0 spiro atoms. The molecule has 0 bridgehead atoms. The van der Waals surface area contributed by atoms with Crippen molar-refractivity contribution in [1.82, 2.24) is 15.1 Å². The lowest BCUT2D eigenvalue weighted by Crippen LogP contribution is -2.45. The summed E-state index contributed by atoms with van der Waals surface area (Å²) in [5.41, 5.74) is 7.50. The third-order valence-electron chi connectivity index (χ3n) is 3.76. The Morgan fingerprint density at radius 2 is 2.21 bits per heavy atom. The average Bonchev–Trinajstić information content (AvgIpc) is 2.67. The summed E-state index contributed by atoms with van der Waals surface area (Å²) < 4.78 is 1.51. The molecule has 1 fully saturated rings. The summed E-state index contributed by atoms with van der Waals surface area (Å²) in [5, 5.41) is 17.0. The first-order chi connectivity index (χ1) is 9.04.